The molecule has 2 heterocycles. The highest BCUT2D eigenvalue weighted by Gasteiger charge is 2.34. The molecule has 4 nitrogen and oxygen atoms in total. The summed E-state index contributed by atoms with van der Waals surface area (Å²) in [6.07, 6.45) is -2.33. The van der Waals surface area contributed by atoms with Gasteiger partial charge in [0.25, 0.3) is 0 Å². The third-order valence-electron chi connectivity index (χ3n) is 3.75. The topological polar surface area (TPSA) is 49.4 Å². The maximum absolute atomic E-state index is 12.5. The summed E-state index contributed by atoms with van der Waals surface area (Å²) in [5.41, 5.74) is -0.452. The van der Waals surface area contributed by atoms with Crippen molar-refractivity contribution < 1.29 is 21.6 Å². The van der Waals surface area contributed by atoms with E-state index in [0.29, 0.717) is 26.1 Å². The summed E-state index contributed by atoms with van der Waals surface area (Å²) < 4.78 is 60.4. The van der Waals surface area contributed by atoms with Gasteiger partial charge in [-0.2, -0.15) is 13.2 Å². The predicted molar refractivity (Wildman–Crippen MR) is 70.3 cm³/mol. The van der Waals surface area contributed by atoms with Crippen LogP contribution in [0.15, 0.2) is 11.6 Å². The van der Waals surface area contributed by atoms with E-state index in [4.69, 9.17) is 0 Å². The summed E-state index contributed by atoms with van der Waals surface area (Å²) in [4.78, 5) is 1.93. The molecule has 2 rings (SSSR count). The van der Waals surface area contributed by atoms with Crippen molar-refractivity contribution in [2.24, 2.45) is 0 Å². The van der Waals surface area contributed by atoms with Gasteiger partial charge in [0.05, 0.1) is 11.5 Å². The van der Waals surface area contributed by atoms with Crippen LogP contribution in [-0.4, -0.2) is 63.2 Å². The first-order valence-electron chi connectivity index (χ1n) is 6.69. The molecule has 0 spiro atoms. The van der Waals surface area contributed by atoms with Crippen LogP contribution in [0.25, 0.3) is 0 Å². The van der Waals surface area contributed by atoms with Gasteiger partial charge in [-0.1, -0.05) is 6.08 Å². The van der Waals surface area contributed by atoms with Crippen molar-refractivity contribution in [3.63, 3.8) is 0 Å². The Labute approximate surface area is 116 Å². The Morgan fingerprint density at radius 2 is 2.15 bits per heavy atom. The molecule has 1 N–H and O–H groups in total. The van der Waals surface area contributed by atoms with Gasteiger partial charge in [-0.25, -0.2) is 8.42 Å². The Morgan fingerprint density at radius 3 is 2.70 bits per heavy atom. The zero-order chi connectivity index (χ0) is 14.8. The van der Waals surface area contributed by atoms with E-state index in [0.717, 1.165) is 0 Å². The zero-order valence-corrected chi connectivity index (χ0v) is 11.9. The van der Waals surface area contributed by atoms with Crippen molar-refractivity contribution in [2.75, 3.05) is 37.7 Å². The normalized spacial score (nSPS) is 28.1. The van der Waals surface area contributed by atoms with Gasteiger partial charge in [-0.3, -0.25) is 4.90 Å². The molecule has 20 heavy (non-hydrogen) atoms. The molecular weight excluding hydrogens is 293 g/mol. The van der Waals surface area contributed by atoms with E-state index in [9.17, 15) is 21.6 Å². The molecule has 1 saturated heterocycles. The van der Waals surface area contributed by atoms with E-state index in [1.807, 2.05) is 4.90 Å². The van der Waals surface area contributed by atoms with Crippen LogP contribution in [0.2, 0.25) is 0 Å². The molecule has 0 aromatic carbocycles. The summed E-state index contributed by atoms with van der Waals surface area (Å²) >= 11 is 0. The molecule has 0 aromatic heterocycles. The quantitative estimate of drug-likeness (QED) is 0.789. The lowest BCUT2D eigenvalue weighted by Gasteiger charge is -2.30. The highest BCUT2D eigenvalue weighted by Crippen LogP contribution is 2.30. The number of nitrogens with zero attached hydrogens (tertiary/aromatic N) is 1. The number of rotatable bonds is 3. The van der Waals surface area contributed by atoms with Crippen LogP contribution in [0.5, 0.6) is 0 Å². The van der Waals surface area contributed by atoms with Gasteiger partial charge in [0, 0.05) is 31.2 Å². The standard InChI is InChI=1S/C12H19F3N2O2S/c13-12(14,15)10-1-5-17(6-2-10)7-3-11-9-20(18,19)8-4-16-11/h1,11,16H,2-9H2. The molecule has 2 aliphatic rings. The molecule has 1 unspecified atom stereocenters. The second-order valence-corrected chi connectivity index (χ2v) is 7.56. The Bertz CT molecular complexity index is 474. The SMILES string of the molecule is O=S1(=O)CCNC(CCN2CC=C(C(F)(F)F)CC2)C1. The lowest BCUT2D eigenvalue weighted by atomic mass is 10.1. The third kappa shape index (κ3) is 4.46. The summed E-state index contributed by atoms with van der Waals surface area (Å²) in [5, 5.41) is 3.15. The van der Waals surface area contributed by atoms with E-state index in [1.54, 1.807) is 0 Å². The minimum atomic E-state index is -4.22. The molecule has 0 bridgehead atoms. The molecule has 0 amide bonds. The molecule has 0 saturated carbocycles. The minimum absolute atomic E-state index is 0.0138. The summed E-state index contributed by atoms with van der Waals surface area (Å²) in [6, 6.07) is -0.0817. The van der Waals surface area contributed by atoms with E-state index in [1.165, 1.54) is 6.08 Å². The first-order chi connectivity index (χ1) is 9.26. The lowest BCUT2D eigenvalue weighted by molar-refractivity contribution is -0.0960. The van der Waals surface area contributed by atoms with Crippen molar-refractivity contribution in [1.82, 2.24) is 10.2 Å². The second kappa shape index (κ2) is 6.03. The Morgan fingerprint density at radius 1 is 1.40 bits per heavy atom. The fourth-order valence-corrected chi connectivity index (χ4v) is 4.06. The molecule has 8 heteroatoms. The highest BCUT2D eigenvalue weighted by atomic mass is 32.2. The van der Waals surface area contributed by atoms with Crippen LogP contribution < -0.4 is 5.32 Å². The van der Waals surface area contributed by atoms with Gasteiger partial charge in [0.2, 0.25) is 0 Å². The number of sulfone groups is 1. The molecule has 0 aliphatic carbocycles. The fraction of sp³-hybridized carbons (Fsp3) is 0.833. The van der Waals surface area contributed by atoms with E-state index < -0.39 is 21.6 Å². The number of hydrogen-bond acceptors (Lipinski definition) is 4. The van der Waals surface area contributed by atoms with E-state index in [-0.39, 0.29) is 30.5 Å². The maximum Gasteiger partial charge on any atom is 0.412 e. The lowest BCUT2D eigenvalue weighted by Crippen LogP contribution is -2.46. The molecule has 1 atom stereocenters. The Balaban J connectivity index is 1.78. The first kappa shape index (κ1) is 15.8. The van der Waals surface area contributed by atoms with Crippen LogP contribution in [0.3, 0.4) is 0 Å². The Kier molecular flexibility index (Phi) is 4.76. The third-order valence-corrected chi connectivity index (χ3v) is 5.49. The van der Waals surface area contributed by atoms with E-state index in [2.05, 4.69) is 5.32 Å². The zero-order valence-electron chi connectivity index (χ0n) is 11.1. The van der Waals surface area contributed by atoms with Crippen molar-refractivity contribution >= 4 is 9.84 Å². The average Bonchev–Trinajstić information content (AvgIpc) is 2.35. The number of hydrogen-bond donors (Lipinski definition) is 1. The highest BCUT2D eigenvalue weighted by molar-refractivity contribution is 7.91. The van der Waals surface area contributed by atoms with Crippen LogP contribution >= 0.6 is 0 Å². The predicted octanol–water partition coefficient (Wildman–Crippen LogP) is 0.957. The molecule has 0 aromatic rings. The monoisotopic (exact) mass is 312 g/mol. The number of halogens is 3. The van der Waals surface area contributed by atoms with Crippen LogP contribution in [0.4, 0.5) is 13.2 Å². The van der Waals surface area contributed by atoms with Crippen molar-refractivity contribution in [2.45, 2.75) is 25.1 Å². The minimum Gasteiger partial charge on any atom is -0.312 e. The van der Waals surface area contributed by atoms with Crippen molar-refractivity contribution in [3.8, 4) is 0 Å². The molecule has 1 fully saturated rings. The first-order valence-corrected chi connectivity index (χ1v) is 8.51. The van der Waals surface area contributed by atoms with Gasteiger partial charge in [-0.05, 0) is 19.4 Å². The number of alkyl halides is 3. The van der Waals surface area contributed by atoms with E-state index >= 15 is 0 Å². The summed E-state index contributed by atoms with van der Waals surface area (Å²) in [6.45, 7) is 1.75. The fourth-order valence-electron chi connectivity index (χ4n) is 2.56. The molecule has 0 radical (unpaired) electrons. The number of nitrogens with one attached hydrogen (secondary N) is 1. The smallest absolute Gasteiger partial charge is 0.312 e. The van der Waals surface area contributed by atoms with Gasteiger partial charge >= 0.3 is 6.18 Å². The second-order valence-electron chi connectivity index (χ2n) is 5.33. The summed E-state index contributed by atoms with van der Waals surface area (Å²) in [5.74, 6) is 0.301. The van der Waals surface area contributed by atoms with Gasteiger partial charge in [-0.15, -0.1) is 0 Å². The van der Waals surface area contributed by atoms with Crippen LogP contribution in [-0.2, 0) is 9.84 Å². The van der Waals surface area contributed by atoms with Gasteiger partial charge < -0.3 is 5.32 Å². The maximum atomic E-state index is 12.5. The van der Waals surface area contributed by atoms with Crippen LogP contribution in [0.1, 0.15) is 12.8 Å². The van der Waals surface area contributed by atoms with Gasteiger partial charge in [0.1, 0.15) is 0 Å². The average molecular weight is 312 g/mol. The molecule has 116 valence electrons. The molecule has 2 aliphatic heterocycles. The van der Waals surface area contributed by atoms with Gasteiger partial charge in [0.15, 0.2) is 9.84 Å². The summed E-state index contributed by atoms with van der Waals surface area (Å²) in [7, 11) is -2.95. The van der Waals surface area contributed by atoms with Crippen LogP contribution in [0, 0.1) is 0 Å². The van der Waals surface area contributed by atoms with Crippen molar-refractivity contribution in [1.29, 1.82) is 0 Å². The van der Waals surface area contributed by atoms with Crippen molar-refractivity contribution in [3.05, 3.63) is 11.6 Å². The Hall–Kier alpha value is -0.600. The largest absolute Gasteiger partial charge is 0.412 e. The molecular formula is C12H19F3N2O2S.